The van der Waals surface area contributed by atoms with Crippen LogP contribution >= 0.6 is 0 Å². The topological polar surface area (TPSA) is 17.8 Å². The lowest BCUT2D eigenvalue weighted by Gasteiger charge is -2.28. The Labute approximate surface area is 437 Å². The van der Waals surface area contributed by atoms with E-state index >= 15 is 0 Å². The monoisotopic (exact) mass is 956 g/mol. The van der Waals surface area contributed by atoms with Crippen LogP contribution in [0, 0.1) is 0 Å². The van der Waals surface area contributed by atoms with Crippen molar-refractivity contribution >= 4 is 82.2 Å². The van der Waals surface area contributed by atoms with Crippen molar-refractivity contribution in [1.82, 2.24) is 9.55 Å². The molecule has 1 aromatic heterocycles. The van der Waals surface area contributed by atoms with Gasteiger partial charge in [-0.1, -0.05) is 206 Å². The first-order valence-corrected chi connectivity index (χ1v) is 26.8. The normalized spacial score (nSPS) is 15.3. The van der Waals surface area contributed by atoms with E-state index in [1.165, 1.54) is 126 Å². The number of para-hydroxylation sites is 2. The molecule has 3 aliphatic rings. The van der Waals surface area contributed by atoms with Crippen LogP contribution in [0.2, 0.25) is 0 Å². The Balaban J connectivity index is 0.901. The Morgan fingerprint density at radius 3 is 1.76 bits per heavy atom. The second-order valence-electron chi connectivity index (χ2n) is 20.7. The molecule has 0 saturated heterocycles. The minimum absolute atomic E-state index is 0.181. The van der Waals surface area contributed by atoms with Gasteiger partial charge < -0.3 is 0 Å². The van der Waals surface area contributed by atoms with Gasteiger partial charge in [-0.15, -0.1) is 0 Å². The Morgan fingerprint density at radius 1 is 0.413 bits per heavy atom. The molecule has 0 saturated carbocycles. The minimum Gasteiger partial charge on any atom is -0.293 e. The maximum Gasteiger partial charge on any atom is 0.145 e. The van der Waals surface area contributed by atoms with Gasteiger partial charge in [-0.05, 0) is 190 Å². The number of hydrogen-bond donors (Lipinski definition) is 0. The molecule has 0 spiro atoms. The third-order valence-electron chi connectivity index (χ3n) is 16.3. The van der Waals surface area contributed by atoms with Gasteiger partial charge in [-0.3, -0.25) is 4.57 Å². The summed E-state index contributed by atoms with van der Waals surface area (Å²) in [5.41, 5.74) is 18.8. The minimum atomic E-state index is 0.181. The molecule has 0 amide bonds. The van der Waals surface area contributed by atoms with Crippen molar-refractivity contribution in [3.63, 3.8) is 0 Å². The van der Waals surface area contributed by atoms with Gasteiger partial charge in [0, 0.05) is 17.2 Å². The Bertz CT molecular complexity index is 4510. The number of imidazole rings is 1. The average Bonchev–Trinajstić information content (AvgIpc) is 3.91. The molecular formula is C73H52N2. The molecule has 1 heterocycles. The molecule has 12 aromatic rings. The zero-order valence-electron chi connectivity index (χ0n) is 41.7. The zero-order chi connectivity index (χ0) is 49.4. The summed E-state index contributed by atoms with van der Waals surface area (Å²) in [4.78, 5) is 5.32. The van der Waals surface area contributed by atoms with Crippen LogP contribution in [0.25, 0.3) is 127 Å². The Kier molecular flexibility index (Phi) is 10.3. The maximum atomic E-state index is 5.32. The lowest BCUT2D eigenvalue weighted by Crippen LogP contribution is -2.10. The molecule has 1 atom stereocenters. The quantitative estimate of drug-likeness (QED) is 0.146. The standard InChI is InChI=1S/C73H52N2/c1-2-26-58(27-3-1)75-68-35-15-14-34-67(68)74-73(75)57-25-17-24-54(45-57)70-61-30-10-8-28-59(61)69(60-29-9-11-31-62(60)70)53-23-16-22-51(44-53)52-40-41-65-66(46-52)72(56-39-37-48-19-5-7-21-50(48)43-56)64-33-13-12-32-63(64)71(65)55-38-36-47-18-4-6-20-49(47)42-55/h2,4-8,10-23,25-28,30-46,54H,1,3,9,24,29H2. The molecule has 11 aromatic carbocycles. The van der Waals surface area contributed by atoms with E-state index in [2.05, 4.69) is 253 Å². The molecule has 2 nitrogen and oxygen atoms in total. The SMILES string of the molecule is C1=CC(n2c(C3=CC(c4c5c(c(-c6cccc(-c7ccc8c(-c9ccc%10ccccc%10c9)c9ccccc9c(-c9ccc%10ccccc%10c9)c8c7)c6)c6ccccc46)CCC=C5)CC=C3)nc3ccccc32)=CCC1. The van der Waals surface area contributed by atoms with Gasteiger partial charge >= 0.3 is 0 Å². The van der Waals surface area contributed by atoms with Crippen molar-refractivity contribution in [1.29, 1.82) is 0 Å². The van der Waals surface area contributed by atoms with Crippen LogP contribution in [0.4, 0.5) is 0 Å². The number of benzene rings is 11. The van der Waals surface area contributed by atoms with E-state index in [1.807, 2.05) is 0 Å². The van der Waals surface area contributed by atoms with Crippen LogP contribution in [-0.4, -0.2) is 9.55 Å². The van der Waals surface area contributed by atoms with E-state index in [0.29, 0.717) is 0 Å². The molecule has 0 radical (unpaired) electrons. The summed E-state index contributed by atoms with van der Waals surface area (Å²) in [5, 5.41) is 12.7. The lowest BCUT2D eigenvalue weighted by atomic mass is 9.76. The predicted octanol–water partition coefficient (Wildman–Crippen LogP) is 19.7. The number of rotatable bonds is 7. The van der Waals surface area contributed by atoms with Crippen LogP contribution in [0.5, 0.6) is 0 Å². The largest absolute Gasteiger partial charge is 0.293 e. The summed E-state index contributed by atoms with van der Waals surface area (Å²) in [7, 11) is 0. The van der Waals surface area contributed by atoms with Gasteiger partial charge in [0.1, 0.15) is 5.82 Å². The third kappa shape index (κ3) is 7.27. The smallest absolute Gasteiger partial charge is 0.145 e. The van der Waals surface area contributed by atoms with E-state index in [4.69, 9.17) is 4.98 Å². The Hall–Kier alpha value is -9.11. The first-order chi connectivity index (χ1) is 37.2. The third-order valence-corrected chi connectivity index (χ3v) is 16.3. The van der Waals surface area contributed by atoms with Gasteiger partial charge in [-0.2, -0.15) is 0 Å². The van der Waals surface area contributed by atoms with E-state index < -0.39 is 0 Å². The summed E-state index contributed by atoms with van der Waals surface area (Å²) in [6, 6.07) is 74.8. The van der Waals surface area contributed by atoms with Gasteiger partial charge in [0.25, 0.3) is 0 Å². The van der Waals surface area contributed by atoms with Crippen molar-refractivity contribution in [3.8, 4) is 44.5 Å². The molecule has 75 heavy (non-hydrogen) atoms. The highest BCUT2D eigenvalue weighted by atomic mass is 15.1. The molecule has 0 fully saturated rings. The lowest BCUT2D eigenvalue weighted by molar-refractivity contribution is 0.851. The Morgan fingerprint density at radius 2 is 1.01 bits per heavy atom. The van der Waals surface area contributed by atoms with E-state index in [0.717, 1.165) is 49.0 Å². The van der Waals surface area contributed by atoms with Crippen LogP contribution < -0.4 is 0 Å². The summed E-state index contributed by atoms with van der Waals surface area (Å²) in [6.45, 7) is 0. The van der Waals surface area contributed by atoms with E-state index in [-0.39, 0.29) is 5.92 Å². The van der Waals surface area contributed by atoms with Crippen molar-refractivity contribution in [2.75, 3.05) is 0 Å². The summed E-state index contributed by atoms with van der Waals surface area (Å²) < 4.78 is 2.37. The number of nitrogens with zero attached hydrogens (tertiary/aromatic N) is 2. The molecule has 1 unspecified atom stereocenters. The molecule has 2 heteroatoms. The predicted molar refractivity (Wildman–Crippen MR) is 320 cm³/mol. The van der Waals surface area contributed by atoms with Gasteiger partial charge in [-0.25, -0.2) is 4.98 Å². The number of hydrogen-bond acceptors (Lipinski definition) is 1. The molecule has 3 aliphatic carbocycles. The van der Waals surface area contributed by atoms with Crippen molar-refractivity contribution < 1.29 is 0 Å². The second-order valence-corrected chi connectivity index (χ2v) is 20.7. The van der Waals surface area contributed by atoms with Gasteiger partial charge in [0.15, 0.2) is 0 Å². The summed E-state index contributed by atoms with van der Waals surface area (Å²) >= 11 is 0. The van der Waals surface area contributed by atoms with E-state index in [9.17, 15) is 0 Å². The molecule has 0 N–H and O–H groups in total. The van der Waals surface area contributed by atoms with Crippen LogP contribution in [-0.2, 0) is 6.42 Å². The fourth-order valence-corrected chi connectivity index (χ4v) is 13.0. The fourth-order valence-electron chi connectivity index (χ4n) is 13.0. The summed E-state index contributed by atoms with van der Waals surface area (Å²) in [6.07, 6.45) is 24.0. The highest BCUT2D eigenvalue weighted by molar-refractivity contribution is 6.22. The first-order valence-electron chi connectivity index (χ1n) is 26.8. The number of allylic oxidation sites excluding steroid dienone is 9. The molecular weight excluding hydrogens is 905 g/mol. The van der Waals surface area contributed by atoms with Crippen LogP contribution in [0.3, 0.4) is 0 Å². The highest BCUT2D eigenvalue weighted by Gasteiger charge is 2.27. The second kappa shape index (κ2) is 17.8. The maximum absolute atomic E-state index is 5.32. The number of fused-ring (bicyclic) bond motifs is 7. The zero-order valence-corrected chi connectivity index (χ0v) is 41.7. The van der Waals surface area contributed by atoms with Crippen molar-refractivity contribution in [2.45, 2.75) is 38.0 Å². The molecule has 354 valence electrons. The van der Waals surface area contributed by atoms with Gasteiger partial charge in [0.05, 0.1) is 11.0 Å². The first kappa shape index (κ1) is 43.5. The van der Waals surface area contributed by atoms with Crippen molar-refractivity contribution in [3.05, 3.63) is 265 Å². The molecule has 15 rings (SSSR count). The van der Waals surface area contributed by atoms with E-state index in [1.54, 1.807) is 0 Å². The molecule has 0 bridgehead atoms. The van der Waals surface area contributed by atoms with Crippen LogP contribution in [0.15, 0.2) is 243 Å². The fraction of sp³-hybridized carbons (Fsp3) is 0.0822. The molecule has 0 aliphatic heterocycles. The number of aromatic nitrogens is 2. The average molecular weight is 957 g/mol. The van der Waals surface area contributed by atoms with Gasteiger partial charge in [0.2, 0.25) is 0 Å². The summed E-state index contributed by atoms with van der Waals surface area (Å²) in [5.74, 6) is 1.19. The van der Waals surface area contributed by atoms with Crippen molar-refractivity contribution in [2.24, 2.45) is 0 Å². The van der Waals surface area contributed by atoms with Crippen LogP contribution in [0.1, 0.15) is 54.1 Å². The highest BCUT2D eigenvalue weighted by Crippen LogP contribution is 2.49.